The van der Waals surface area contributed by atoms with Crippen LogP contribution in [0.1, 0.15) is 58.6 Å². The summed E-state index contributed by atoms with van der Waals surface area (Å²) in [6, 6.07) is 13.6. The summed E-state index contributed by atoms with van der Waals surface area (Å²) in [5.41, 5.74) is 8.54. The van der Waals surface area contributed by atoms with Crippen LogP contribution in [-0.2, 0) is 22.7 Å². The Morgan fingerprint density at radius 1 is 0.947 bits per heavy atom. The fourth-order valence-electron chi connectivity index (χ4n) is 3.89. The first-order valence-electron chi connectivity index (χ1n) is 13.5. The highest BCUT2D eigenvalue weighted by atomic mass is 28.3. The van der Waals surface area contributed by atoms with Gasteiger partial charge in [-0.05, 0) is 70.5 Å². The molecule has 38 heavy (non-hydrogen) atoms. The molecule has 0 aromatic heterocycles. The Bertz CT molecular complexity index is 1070. The number of rotatable bonds is 9. The van der Waals surface area contributed by atoms with Crippen molar-refractivity contribution in [3.63, 3.8) is 0 Å². The molecule has 1 fully saturated rings. The maximum atomic E-state index is 12.3. The van der Waals surface area contributed by atoms with E-state index in [-0.39, 0.29) is 17.4 Å². The number of carbonyl (C=O) groups excluding carboxylic acids is 1. The second-order valence-corrected chi connectivity index (χ2v) is 18.3. The third-order valence-electron chi connectivity index (χ3n) is 7.31. The number of nitrogens with zero attached hydrogens (tertiary/aromatic N) is 1. The van der Waals surface area contributed by atoms with Crippen LogP contribution in [0.2, 0.25) is 19.6 Å². The van der Waals surface area contributed by atoms with Crippen molar-refractivity contribution in [1.29, 1.82) is 0 Å². The van der Waals surface area contributed by atoms with Crippen molar-refractivity contribution in [3.05, 3.63) is 53.6 Å². The summed E-state index contributed by atoms with van der Waals surface area (Å²) in [4.78, 5) is 14.0. The average Bonchev–Trinajstić information content (AvgIpc) is 2.82. The maximum Gasteiger partial charge on any atom is 0.410 e. The van der Waals surface area contributed by atoms with Gasteiger partial charge < -0.3 is 29.6 Å². The summed E-state index contributed by atoms with van der Waals surface area (Å²) in [5, 5.41) is -0.155. The lowest BCUT2D eigenvalue weighted by atomic mass is 10.1. The van der Waals surface area contributed by atoms with Gasteiger partial charge in [0.2, 0.25) is 0 Å². The Labute approximate surface area is 229 Å². The smallest absolute Gasteiger partial charge is 0.410 e. The standard InChI is InChI=1S/C30H46N2O5Si/c1-29(2,3)37-28(33)32-18-16-25(17-19-32)36-24-14-12-23(13-15-24)34-21-26-22(10-9-11-27(26)31)20-35-30(4,5)38(6,7)8/h9-15,25H,16-21,31H2,1-8H3. The molecule has 3 rings (SSSR count). The first-order valence-corrected chi connectivity index (χ1v) is 17.0. The second-order valence-electron chi connectivity index (χ2n) is 12.6. The van der Waals surface area contributed by atoms with E-state index in [1.54, 1.807) is 4.90 Å². The lowest BCUT2D eigenvalue weighted by molar-refractivity contribution is 0.0126. The van der Waals surface area contributed by atoms with E-state index in [0.717, 1.165) is 35.5 Å². The van der Waals surface area contributed by atoms with Crippen molar-refractivity contribution in [1.82, 2.24) is 4.90 Å². The second kappa shape index (κ2) is 12.0. The van der Waals surface area contributed by atoms with E-state index in [1.807, 2.05) is 57.2 Å². The molecule has 1 aliphatic rings. The molecule has 0 spiro atoms. The SMILES string of the molecule is CC(C)(C)OC(=O)N1CCC(Oc2ccc(OCc3c(N)cccc3COC(C)(C)[Si](C)(C)C)cc2)CC1. The number of ether oxygens (including phenoxy) is 4. The van der Waals surface area contributed by atoms with Crippen LogP contribution in [0.5, 0.6) is 11.5 Å². The van der Waals surface area contributed by atoms with Gasteiger partial charge in [-0.3, -0.25) is 0 Å². The number of anilines is 1. The van der Waals surface area contributed by atoms with Crippen LogP contribution in [0.3, 0.4) is 0 Å². The molecular weight excluding hydrogens is 496 g/mol. The number of hydrogen-bond donors (Lipinski definition) is 1. The van der Waals surface area contributed by atoms with Gasteiger partial charge in [0.05, 0.1) is 19.9 Å². The highest BCUT2D eigenvalue weighted by Gasteiger charge is 2.35. The fraction of sp³-hybridized carbons (Fsp3) is 0.567. The molecule has 0 saturated carbocycles. The van der Waals surface area contributed by atoms with Gasteiger partial charge in [0.1, 0.15) is 29.8 Å². The number of benzene rings is 2. The summed E-state index contributed by atoms with van der Waals surface area (Å²) in [5.74, 6) is 1.53. The minimum absolute atomic E-state index is 0.0625. The zero-order chi connectivity index (χ0) is 28.1. The molecule has 8 heteroatoms. The minimum Gasteiger partial charge on any atom is -0.490 e. The molecule has 1 heterocycles. The number of hydrogen-bond acceptors (Lipinski definition) is 6. The van der Waals surface area contributed by atoms with Crippen molar-refractivity contribution in [2.24, 2.45) is 0 Å². The Morgan fingerprint density at radius 2 is 1.55 bits per heavy atom. The summed E-state index contributed by atoms with van der Waals surface area (Å²) in [6.07, 6.45) is 1.34. The van der Waals surface area contributed by atoms with E-state index in [1.165, 1.54) is 0 Å². The van der Waals surface area contributed by atoms with Crippen LogP contribution < -0.4 is 15.2 Å². The van der Waals surface area contributed by atoms with Crippen LogP contribution in [0.4, 0.5) is 10.5 Å². The number of likely N-dealkylation sites (tertiary alicyclic amines) is 1. The first kappa shape index (κ1) is 29.8. The zero-order valence-corrected chi connectivity index (χ0v) is 25.4. The van der Waals surface area contributed by atoms with Gasteiger partial charge in [0.25, 0.3) is 0 Å². The molecule has 0 unspecified atom stereocenters. The van der Waals surface area contributed by atoms with E-state index >= 15 is 0 Å². The van der Waals surface area contributed by atoms with Crippen LogP contribution in [0.15, 0.2) is 42.5 Å². The van der Waals surface area contributed by atoms with Gasteiger partial charge in [0, 0.05) is 37.2 Å². The van der Waals surface area contributed by atoms with Crippen molar-refractivity contribution in [2.75, 3.05) is 18.8 Å². The highest BCUT2D eigenvalue weighted by molar-refractivity contribution is 6.78. The number of carbonyl (C=O) groups is 1. The van der Waals surface area contributed by atoms with E-state index in [4.69, 9.17) is 24.7 Å². The molecule has 0 radical (unpaired) electrons. The van der Waals surface area contributed by atoms with E-state index in [9.17, 15) is 4.79 Å². The summed E-state index contributed by atoms with van der Waals surface area (Å²) < 4.78 is 24.1. The number of nitrogen functional groups attached to an aromatic ring is 1. The lowest BCUT2D eigenvalue weighted by Gasteiger charge is -2.37. The van der Waals surface area contributed by atoms with Crippen molar-refractivity contribution in [2.45, 2.75) is 97.2 Å². The third kappa shape index (κ3) is 8.40. The predicted molar refractivity (Wildman–Crippen MR) is 155 cm³/mol. The monoisotopic (exact) mass is 542 g/mol. The van der Waals surface area contributed by atoms with Crippen LogP contribution in [0.25, 0.3) is 0 Å². The summed E-state index contributed by atoms with van der Waals surface area (Å²) >= 11 is 0. The highest BCUT2D eigenvalue weighted by Crippen LogP contribution is 2.28. The van der Waals surface area contributed by atoms with Gasteiger partial charge in [-0.1, -0.05) is 31.8 Å². The Hall–Kier alpha value is -2.71. The summed E-state index contributed by atoms with van der Waals surface area (Å²) in [7, 11) is -1.50. The fourth-order valence-corrected chi connectivity index (χ4v) is 4.39. The summed E-state index contributed by atoms with van der Waals surface area (Å²) in [6.45, 7) is 19.1. The third-order valence-corrected chi connectivity index (χ3v) is 11.1. The van der Waals surface area contributed by atoms with Crippen molar-refractivity contribution >= 4 is 19.9 Å². The Balaban J connectivity index is 1.52. The molecule has 0 atom stereocenters. The molecule has 7 nitrogen and oxygen atoms in total. The lowest BCUT2D eigenvalue weighted by Crippen LogP contribution is -2.49. The van der Waals surface area contributed by atoms with Gasteiger partial charge in [0.15, 0.2) is 0 Å². The van der Waals surface area contributed by atoms with Crippen molar-refractivity contribution < 1.29 is 23.7 Å². The topological polar surface area (TPSA) is 83.2 Å². The normalized spacial score (nSPS) is 15.3. The van der Waals surface area contributed by atoms with Gasteiger partial charge in [-0.15, -0.1) is 0 Å². The van der Waals surface area contributed by atoms with Crippen molar-refractivity contribution in [3.8, 4) is 11.5 Å². The Kier molecular flexibility index (Phi) is 9.42. The van der Waals surface area contributed by atoms with Crippen LogP contribution in [0, 0.1) is 0 Å². The molecule has 0 aliphatic carbocycles. The van der Waals surface area contributed by atoms with Gasteiger partial charge in [-0.2, -0.15) is 0 Å². The number of piperidine rings is 1. The van der Waals surface area contributed by atoms with Gasteiger partial charge >= 0.3 is 6.09 Å². The molecule has 2 aromatic rings. The number of nitrogens with two attached hydrogens (primary N) is 1. The maximum absolute atomic E-state index is 12.3. The quantitative estimate of drug-likeness (QED) is 0.277. The van der Waals surface area contributed by atoms with E-state index in [0.29, 0.717) is 32.0 Å². The Morgan fingerprint density at radius 3 is 2.13 bits per heavy atom. The molecule has 1 amide bonds. The molecule has 210 valence electrons. The van der Waals surface area contributed by atoms with Crippen LogP contribution >= 0.6 is 0 Å². The molecule has 1 saturated heterocycles. The molecule has 2 aromatic carbocycles. The molecule has 2 N–H and O–H groups in total. The minimum atomic E-state index is -1.50. The van der Waals surface area contributed by atoms with Gasteiger partial charge in [-0.25, -0.2) is 4.79 Å². The predicted octanol–water partition coefficient (Wildman–Crippen LogP) is 6.80. The molecule has 0 bridgehead atoms. The van der Waals surface area contributed by atoms with Crippen LogP contribution in [-0.4, -0.2) is 49.1 Å². The van der Waals surface area contributed by atoms with E-state index < -0.39 is 13.7 Å². The molecule has 1 aliphatic heterocycles. The average molecular weight is 543 g/mol. The molecular formula is C30H46N2O5Si. The van der Waals surface area contributed by atoms with E-state index in [2.05, 4.69) is 39.6 Å². The largest absolute Gasteiger partial charge is 0.490 e. The zero-order valence-electron chi connectivity index (χ0n) is 24.4. The first-order chi connectivity index (χ1) is 17.6. The number of amides is 1.